The molecule has 8 heteroatoms. The van der Waals surface area contributed by atoms with Gasteiger partial charge in [-0.1, -0.05) is 12.7 Å². The van der Waals surface area contributed by atoms with E-state index in [1.165, 1.54) is 13.2 Å². The number of allylic oxidation sites excluding steroid dienone is 4. The van der Waals surface area contributed by atoms with E-state index in [4.69, 9.17) is 9.47 Å². The molecule has 28 heavy (non-hydrogen) atoms. The van der Waals surface area contributed by atoms with Crippen LogP contribution in [0.25, 0.3) is 16.6 Å². The van der Waals surface area contributed by atoms with Crippen LogP contribution in [-0.2, 0) is 9.47 Å². The van der Waals surface area contributed by atoms with E-state index in [2.05, 4.69) is 32.2 Å². The minimum atomic E-state index is -0.562. The molecule has 0 radical (unpaired) electrons. The summed E-state index contributed by atoms with van der Waals surface area (Å²) >= 11 is 0. The number of morpholine rings is 1. The first kappa shape index (κ1) is 19.9. The van der Waals surface area contributed by atoms with Crippen LogP contribution in [0.4, 0.5) is 10.2 Å². The van der Waals surface area contributed by atoms with Crippen molar-refractivity contribution in [1.29, 1.82) is 0 Å². The summed E-state index contributed by atoms with van der Waals surface area (Å²) in [6.07, 6.45) is 6.38. The van der Waals surface area contributed by atoms with Gasteiger partial charge in [0, 0.05) is 32.0 Å². The number of methoxy groups -OCH3 is 1. The lowest BCUT2D eigenvalue weighted by Gasteiger charge is -2.24. The lowest BCUT2D eigenvalue weighted by molar-refractivity contribution is 0.0372. The minimum absolute atomic E-state index is 0.0366. The number of rotatable bonds is 7. The van der Waals surface area contributed by atoms with Crippen molar-refractivity contribution in [2.45, 2.75) is 13.0 Å². The number of fused-ring (bicyclic) bond motifs is 1. The maximum Gasteiger partial charge on any atom is 0.165 e. The van der Waals surface area contributed by atoms with Crippen molar-refractivity contribution >= 4 is 22.4 Å². The molecule has 0 aromatic carbocycles. The molecule has 1 aliphatic heterocycles. The number of anilines is 1. The highest BCUT2D eigenvalue weighted by Gasteiger charge is 2.16. The van der Waals surface area contributed by atoms with Crippen molar-refractivity contribution in [3.05, 3.63) is 54.5 Å². The number of halogens is 1. The van der Waals surface area contributed by atoms with Gasteiger partial charge in [-0.2, -0.15) is 0 Å². The van der Waals surface area contributed by atoms with Gasteiger partial charge in [0.1, 0.15) is 11.3 Å². The van der Waals surface area contributed by atoms with E-state index in [1.807, 2.05) is 6.92 Å². The van der Waals surface area contributed by atoms with E-state index in [1.54, 1.807) is 24.5 Å². The molecule has 1 atom stereocenters. The Morgan fingerprint density at radius 1 is 1.46 bits per heavy atom. The highest BCUT2D eigenvalue weighted by Crippen LogP contribution is 2.25. The van der Waals surface area contributed by atoms with Crippen molar-refractivity contribution in [3.63, 3.8) is 0 Å². The molecule has 7 nitrogen and oxygen atoms in total. The van der Waals surface area contributed by atoms with Crippen LogP contribution in [0, 0.1) is 0 Å². The molecular formula is C20H24FN5O2. The molecule has 0 amide bonds. The summed E-state index contributed by atoms with van der Waals surface area (Å²) in [5.41, 5.74) is 2.47. The van der Waals surface area contributed by atoms with Gasteiger partial charge in [-0.15, -0.1) is 0 Å². The largest absolute Gasteiger partial charge is 0.494 e. The quantitative estimate of drug-likeness (QED) is 0.560. The van der Waals surface area contributed by atoms with Gasteiger partial charge in [0.2, 0.25) is 0 Å². The molecule has 1 fully saturated rings. The molecule has 0 bridgehead atoms. The second-order valence-electron chi connectivity index (χ2n) is 6.22. The standard InChI is InChI=1S/C20H24FN5O2/c1-4-14(9-16(21)13(2)27-3)17-10-18-19(24-6-5-23-18)20(26-17)25-12-15-11-22-7-8-28-15/h4-6,9-10,15,22H,2,7-8,11-12H2,1,3H3,(H,25,26)/b14-4+,16-9+/t15-/m1/s1. The van der Waals surface area contributed by atoms with Crippen LogP contribution in [0.5, 0.6) is 0 Å². The van der Waals surface area contributed by atoms with Crippen molar-refractivity contribution in [2.24, 2.45) is 0 Å². The van der Waals surface area contributed by atoms with Crippen LogP contribution >= 0.6 is 0 Å². The lowest BCUT2D eigenvalue weighted by Crippen LogP contribution is -2.42. The molecule has 0 unspecified atom stereocenters. The second-order valence-corrected chi connectivity index (χ2v) is 6.22. The molecule has 148 valence electrons. The molecule has 1 aliphatic rings. The van der Waals surface area contributed by atoms with Crippen LogP contribution in [-0.4, -0.2) is 54.4 Å². The summed E-state index contributed by atoms with van der Waals surface area (Å²) in [4.78, 5) is 13.4. The summed E-state index contributed by atoms with van der Waals surface area (Å²) in [5, 5.41) is 6.59. The van der Waals surface area contributed by atoms with Gasteiger partial charge in [-0.3, -0.25) is 4.98 Å². The highest BCUT2D eigenvalue weighted by molar-refractivity contribution is 5.89. The average molecular weight is 385 g/mol. The average Bonchev–Trinajstić information content (AvgIpc) is 2.75. The molecule has 1 saturated heterocycles. The van der Waals surface area contributed by atoms with Gasteiger partial charge in [0.15, 0.2) is 11.6 Å². The van der Waals surface area contributed by atoms with E-state index >= 15 is 0 Å². The Labute approximate surface area is 163 Å². The normalized spacial score (nSPS) is 18.2. The first-order valence-corrected chi connectivity index (χ1v) is 9.07. The lowest BCUT2D eigenvalue weighted by atomic mass is 10.1. The molecule has 2 N–H and O–H groups in total. The van der Waals surface area contributed by atoms with Gasteiger partial charge in [0.25, 0.3) is 0 Å². The van der Waals surface area contributed by atoms with Crippen LogP contribution < -0.4 is 10.6 Å². The summed E-state index contributed by atoms with van der Waals surface area (Å²) in [6, 6.07) is 1.78. The number of hydrogen-bond donors (Lipinski definition) is 2. The maximum atomic E-state index is 14.2. The van der Waals surface area contributed by atoms with Crippen LogP contribution in [0.1, 0.15) is 12.6 Å². The van der Waals surface area contributed by atoms with Crippen LogP contribution in [0.2, 0.25) is 0 Å². The third kappa shape index (κ3) is 4.71. The Morgan fingerprint density at radius 2 is 2.29 bits per heavy atom. The Morgan fingerprint density at radius 3 is 3.00 bits per heavy atom. The summed E-state index contributed by atoms with van der Waals surface area (Å²) < 4.78 is 24.8. The number of hydrogen-bond acceptors (Lipinski definition) is 7. The number of ether oxygens (including phenoxy) is 2. The van der Waals surface area contributed by atoms with E-state index in [0.29, 0.717) is 41.3 Å². The predicted molar refractivity (Wildman–Crippen MR) is 107 cm³/mol. The van der Waals surface area contributed by atoms with E-state index in [0.717, 1.165) is 13.1 Å². The molecule has 3 heterocycles. The Balaban J connectivity index is 1.93. The maximum absolute atomic E-state index is 14.2. The monoisotopic (exact) mass is 385 g/mol. The first-order chi connectivity index (χ1) is 13.6. The Hall–Kier alpha value is -2.84. The van der Waals surface area contributed by atoms with Crippen molar-refractivity contribution in [2.75, 3.05) is 38.7 Å². The van der Waals surface area contributed by atoms with Gasteiger partial charge < -0.3 is 20.1 Å². The van der Waals surface area contributed by atoms with Crippen LogP contribution in [0.3, 0.4) is 0 Å². The third-order valence-corrected chi connectivity index (χ3v) is 4.36. The molecule has 3 rings (SSSR count). The Kier molecular flexibility index (Phi) is 6.67. The number of nitrogens with one attached hydrogen (secondary N) is 2. The molecule has 2 aromatic rings. The van der Waals surface area contributed by atoms with Crippen molar-refractivity contribution in [1.82, 2.24) is 20.3 Å². The van der Waals surface area contributed by atoms with Crippen LogP contribution in [0.15, 0.2) is 48.8 Å². The number of aromatic nitrogens is 3. The highest BCUT2D eigenvalue weighted by atomic mass is 19.1. The first-order valence-electron chi connectivity index (χ1n) is 9.07. The van der Waals surface area contributed by atoms with Gasteiger partial charge in [-0.25, -0.2) is 14.4 Å². The minimum Gasteiger partial charge on any atom is -0.494 e. The van der Waals surface area contributed by atoms with E-state index < -0.39 is 5.83 Å². The fourth-order valence-corrected chi connectivity index (χ4v) is 2.82. The van der Waals surface area contributed by atoms with Crippen molar-refractivity contribution in [3.8, 4) is 0 Å². The topological polar surface area (TPSA) is 81.2 Å². The predicted octanol–water partition coefficient (Wildman–Crippen LogP) is 2.84. The molecule has 0 saturated carbocycles. The van der Waals surface area contributed by atoms with E-state index in [9.17, 15) is 4.39 Å². The number of pyridine rings is 1. The van der Waals surface area contributed by atoms with Gasteiger partial charge >= 0.3 is 0 Å². The molecule has 2 aromatic heterocycles. The summed E-state index contributed by atoms with van der Waals surface area (Å²) in [5.74, 6) is -0.0263. The molecule has 0 aliphatic carbocycles. The summed E-state index contributed by atoms with van der Waals surface area (Å²) in [7, 11) is 1.37. The SMILES string of the molecule is C=C(OC)/C(F)=C\C(=C/C)c1cc2nccnc2c(NC[C@H]2CNCCO2)n1. The fourth-order valence-electron chi connectivity index (χ4n) is 2.82. The van der Waals surface area contributed by atoms with Gasteiger partial charge in [0.05, 0.1) is 31.0 Å². The smallest absolute Gasteiger partial charge is 0.165 e. The number of nitrogens with zero attached hydrogens (tertiary/aromatic N) is 3. The van der Waals surface area contributed by atoms with Gasteiger partial charge in [-0.05, 0) is 24.6 Å². The Bertz CT molecular complexity index is 907. The van der Waals surface area contributed by atoms with Crippen molar-refractivity contribution < 1.29 is 13.9 Å². The molecular weight excluding hydrogens is 361 g/mol. The molecule has 0 spiro atoms. The zero-order valence-corrected chi connectivity index (χ0v) is 16.0. The summed E-state index contributed by atoms with van der Waals surface area (Å²) in [6.45, 7) is 8.22. The third-order valence-electron chi connectivity index (χ3n) is 4.36. The zero-order chi connectivity index (χ0) is 19.9. The zero-order valence-electron chi connectivity index (χ0n) is 16.0. The van der Waals surface area contributed by atoms with E-state index in [-0.39, 0.29) is 11.9 Å². The fraction of sp³-hybridized carbons (Fsp3) is 0.350. The second kappa shape index (κ2) is 9.38.